The molecule has 94 valence electrons. The third-order valence-electron chi connectivity index (χ3n) is 3.16. The summed E-state index contributed by atoms with van der Waals surface area (Å²) in [6.07, 6.45) is 2.07. The molecule has 0 saturated heterocycles. The van der Waals surface area contributed by atoms with Crippen LogP contribution in [0.1, 0.15) is 43.1 Å². The standard InChI is InChI=1S/C15H23NO/c1-11(2)8-13(4)16(5)15-7-6-12(3)9-14(15)10-17/h6-7,9-11,13H,8H2,1-5H3. The molecule has 0 amide bonds. The number of aldehydes is 1. The molecule has 0 aliphatic rings. The predicted molar refractivity (Wildman–Crippen MR) is 73.9 cm³/mol. The van der Waals surface area contributed by atoms with Crippen molar-refractivity contribution in [1.29, 1.82) is 0 Å². The van der Waals surface area contributed by atoms with E-state index in [2.05, 4.69) is 38.8 Å². The minimum atomic E-state index is 0.441. The summed E-state index contributed by atoms with van der Waals surface area (Å²) in [6, 6.07) is 6.48. The largest absolute Gasteiger partial charge is 0.371 e. The summed E-state index contributed by atoms with van der Waals surface area (Å²) in [4.78, 5) is 13.3. The van der Waals surface area contributed by atoms with E-state index in [-0.39, 0.29) is 0 Å². The van der Waals surface area contributed by atoms with Crippen LogP contribution in [0.15, 0.2) is 18.2 Å². The maximum Gasteiger partial charge on any atom is 0.152 e. The van der Waals surface area contributed by atoms with Gasteiger partial charge in [-0.15, -0.1) is 0 Å². The van der Waals surface area contributed by atoms with Gasteiger partial charge in [0.25, 0.3) is 0 Å². The molecule has 0 N–H and O–H groups in total. The van der Waals surface area contributed by atoms with Crippen molar-refractivity contribution >= 4 is 12.0 Å². The van der Waals surface area contributed by atoms with Gasteiger partial charge in [-0.2, -0.15) is 0 Å². The first kappa shape index (κ1) is 13.8. The molecule has 0 aromatic heterocycles. The van der Waals surface area contributed by atoms with Crippen LogP contribution < -0.4 is 4.90 Å². The van der Waals surface area contributed by atoms with Gasteiger partial charge in [0.15, 0.2) is 6.29 Å². The molecule has 0 saturated carbocycles. The summed E-state index contributed by atoms with van der Waals surface area (Å²) in [5.74, 6) is 0.664. The van der Waals surface area contributed by atoms with Crippen molar-refractivity contribution < 1.29 is 4.79 Å². The average molecular weight is 233 g/mol. The Bertz CT molecular complexity index is 385. The second-order valence-electron chi connectivity index (χ2n) is 5.27. The number of rotatable bonds is 5. The van der Waals surface area contributed by atoms with Crippen molar-refractivity contribution in [3.05, 3.63) is 29.3 Å². The first-order chi connectivity index (χ1) is 7.95. The third kappa shape index (κ3) is 3.58. The fraction of sp³-hybridized carbons (Fsp3) is 0.533. The number of nitrogens with zero attached hydrogens (tertiary/aromatic N) is 1. The van der Waals surface area contributed by atoms with Crippen LogP contribution in [0.2, 0.25) is 0 Å². The van der Waals surface area contributed by atoms with E-state index in [0.29, 0.717) is 12.0 Å². The quantitative estimate of drug-likeness (QED) is 0.723. The molecule has 1 unspecified atom stereocenters. The Morgan fingerprint density at radius 2 is 1.94 bits per heavy atom. The van der Waals surface area contributed by atoms with Gasteiger partial charge < -0.3 is 4.90 Å². The van der Waals surface area contributed by atoms with E-state index in [4.69, 9.17) is 0 Å². The number of benzene rings is 1. The Morgan fingerprint density at radius 3 is 2.47 bits per heavy atom. The predicted octanol–water partition coefficient (Wildman–Crippen LogP) is 3.68. The lowest BCUT2D eigenvalue weighted by Gasteiger charge is -2.29. The molecule has 0 bridgehead atoms. The van der Waals surface area contributed by atoms with Gasteiger partial charge >= 0.3 is 0 Å². The molecule has 1 aromatic carbocycles. The Balaban J connectivity index is 2.95. The zero-order valence-corrected chi connectivity index (χ0v) is 11.5. The van der Waals surface area contributed by atoms with E-state index >= 15 is 0 Å². The second kappa shape index (κ2) is 5.85. The van der Waals surface area contributed by atoms with Crippen molar-refractivity contribution in [1.82, 2.24) is 0 Å². The van der Waals surface area contributed by atoms with Crippen LogP contribution >= 0.6 is 0 Å². The van der Waals surface area contributed by atoms with E-state index in [1.165, 1.54) is 0 Å². The number of carbonyl (C=O) groups excluding carboxylic acids is 1. The molecule has 1 aromatic rings. The van der Waals surface area contributed by atoms with Gasteiger partial charge in [-0.1, -0.05) is 25.5 Å². The Hall–Kier alpha value is -1.31. The molecule has 0 spiro atoms. The average Bonchev–Trinajstić information content (AvgIpc) is 2.27. The van der Waals surface area contributed by atoms with E-state index in [0.717, 1.165) is 29.5 Å². The van der Waals surface area contributed by atoms with Gasteiger partial charge in [0.05, 0.1) is 0 Å². The van der Waals surface area contributed by atoms with Crippen molar-refractivity contribution in [2.24, 2.45) is 5.92 Å². The lowest BCUT2D eigenvalue weighted by molar-refractivity contribution is 0.112. The number of hydrogen-bond acceptors (Lipinski definition) is 2. The normalized spacial score (nSPS) is 12.6. The first-order valence-electron chi connectivity index (χ1n) is 6.24. The fourth-order valence-electron chi connectivity index (χ4n) is 2.17. The van der Waals surface area contributed by atoms with Crippen LogP contribution in [0, 0.1) is 12.8 Å². The van der Waals surface area contributed by atoms with Crippen LogP contribution in [-0.2, 0) is 0 Å². The summed E-state index contributed by atoms with van der Waals surface area (Å²) in [6.45, 7) is 8.66. The monoisotopic (exact) mass is 233 g/mol. The zero-order chi connectivity index (χ0) is 13.0. The summed E-state index contributed by atoms with van der Waals surface area (Å²) in [5, 5.41) is 0. The van der Waals surface area contributed by atoms with Crippen molar-refractivity contribution in [2.45, 2.75) is 40.2 Å². The van der Waals surface area contributed by atoms with Gasteiger partial charge in [-0.25, -0.2) is 0 Å². The highest BCUT2D eigenvalue weighted by Crippen LogP contribution is 2.23. The fourth-order valence-corrected chi connectivity index (χ4v) is 2.17. The van der Waals surface area contributed by atoms with Crippen LogP contribution in [0.3, 0.4) is 0 Å². The Morgan fingerprint density at radius 1 is 1.29 bits per heavy atom. The highest BCUT2D eigenvalue weighted by molar-refractivity contribution is 5.85. The maximum atomic E-state index is 11.1. The first-order valence-corrected chi connectivity index (χ1v) is 6.24. The highest BCUT2D eigenvalue weighted by atomic mass is 16.1. The molecular formula is C15H23NO. The zero-order valence-electron chi connectivity index (χ0n) is 11.5. The third-order valence-corrected chi connectivity index (χ3v) is 3.16. The van der Waals surface area contributed by atoms with E-state index < -0.39 is 0 Å². The second-order valence-corrected chi connectivity index (χ2v) is 5.27. The molecule has 0 aliphatic carbocycles. The summed E-state index contributed by atoms with van der Waals surface area (Å²) in [7, 11) is 2.06. The topological polar surface area (TPSA) is 20.3 Å². The summed E-state index contributed by atoms with van der Waals surface area (Å²) < 4.78 is 0. The Labute approximate surface area is 105 Å². The van der Waals surface area contributed by atoms with Crippen LogP contribution in [-0.4, -0.2) is 19.4 Å². The molecule has 0 heterocycles. The molecule has 0 radical (unpaired) electrons. The molecule has 2 nitrogen and oxygen atoms in total. The molecule has 0 aliphatic heterocycles. The highest BCUT2D eigenvalue weighted by Gasteiger charge is 2.14. The van der Waals surface area contributed by atoms with Crippen molar-refractivity contribution in [3.63, 3.8) is 0 Å². The van der Waals surface area contributed by atoms with Gasteiger partial charge in [0.2, 0.25) is 0 Å². The van der Waals surface area contributed by atoms with Gasteiger partial charge in [0.1, 0.15) is 0 Å². The smallest absolute Gasteiger partial charge is 0.152 e. The molecular weight excluding hydrogens is 210 g/mol. The minimum absolute atomic E-state index is 0.441. The lowest BCUT2D eigenvalue weighted by Crippen LogP contribution is -2.30. The van der Waals surface area contributed by atoms with Crippen molar-refractivity contribution in [3.8, 4) is 0 Å². The lowest BCUT2D eigenvalue weighted by atomic mass is 10.0. The molecule has 17 heavy (non-hydrogen) atoms. The molecule has 1 rings (SSSR count). The van der Waals surface area contributed by atoms with Crippen molar-refractivity contribution in [2.75, 3.05) is 11.9 Å². The van der Waals surface area contributed by atoms with Gasteiger partial charge in [-0.05, 0) is 38.3 Å². The SMILES string of the molecule is Cc1ccc(N(C)C(C)CC(C)C)c(C=O)c1. The van der Waals surface area contributed by atoms with Crippen LogP contribution in [0.5, 0.6) is 0 Å². The van der Waals surface area contributed by atoms with Crippen LogP contribution in [0.4, 0.5) is 5.69 Å². The molecule has 1 atom stereocenters. The summed E-state index contributed by atoms with van der Waals surface area (Å²) in [5.41, 5.74) is 2.93. The van der Waals surface area contributed by atoms with Gasteiger partial charge in [-0.3, -0.25) is 4.79 Å². The number of anilines is 1. The van der Waals surface area contributed by atoms with Gasteiger partial charge in [0, 0.05) is 24.3 Å². The van der Waals surface area contributed by atoms with E-state index in [1.807, 2.05) is 19.1 Å². The van der Waals surface area contributed by atoms with E-state index in [1.54, 1.807) is 0 Å². The number of carbonyl (C=O) groups is 1. The van der Waals surface area contributed by atoms with E-state index in [9.17, 15) is 4.79 Å². The number of aryl methyl sites for hydroxylation is 1. The Kier molecular flexibility index (Phi) is 4.73. The minimum Gasteiger partial charge on any atom is -0.371 e. The molecule has 0 fully saturated rings. The van der Waals surface area contributed by atoms with Crippen LogP contribution in [0.25, 0.3) is 0 Å². The summed E-state index contributed by atoms with van der Waals surface area (Å²) >= 11 is 0. The maximum absolute atomic E-state index is 11.1. The number of hydrogen-bond donors (Lipinski definition) is 0. The molecule has 2 heteroatoms.